The van der Waals surface area contributed by atoms with E-state index in [0.717, 1.165) is 25.2 Å². The summed E-state index contributed by atoms with van der Waals surface area (Å²) in [5.41, 5.74) is 8.20. The van der Waals surface area contributed by atoms with Crippen LogP contribution in [-0.4, -0.2) is 33.0 Å². The Hall–Kier alpha value is -2.08. The highest BCUT2D eigenvalue weighted by Gasteiger charge is 2.20. The second-order valence-corrected chi connectivity index (χ2v) is 4.31. The van der Waals surface area contributed by atoms with Crippen LogP contribution in [0.25, 0.3) is 11.4 Å². The summed E-state index contributed by atoms with van der Waals surface area (Å²) in [4.78, 5) is 16.9. The maximum absolute atomic E-state index is 5.87. The van der Waals surface area contributed by atoms with Crippen molar-refractivity contribution < 1.29 is 0 Å². The molecule has 6 nitrogen and oxygen atoms in total. The molecular weight excluding hydrogens is 228 g/mol. The minimum atomic E-state index is 0.406. The van der Waals surface area contributed by atoms with Crippen molar-refractivity contribution in [3.63, 3.8) is 0 Å². The topological polar surface area (TPSA) is 89.6 Å². The number of hydrogen-bond donors (Lipinski definition) is 2. The molecule has 1 aliphatic heterocycles. The fourth-order valence-corrected chi connectivity index (χ4v) is 2.14. The van der Waals surface area contributed by atoms with Gasteiger partial charge in [-0.05, 0) is 19.0 Å². The molecule has 1 unspecified atom stereocenters. The number of anilines is 1. The highest BCUT2D eigenvalue weighted by atomic mass is 15.0. The second kappa shape index (κ2) is 4.66. The van der Waals surface area contributed by atoms with Gasteiger partial charge in [-0.25, -0.2) is 19.9 Å². The maximum Gasteiger partial charge on any atom is 0.151 e. The molecule has 3 N–H and O–H groups in total. The van der Waals surface area contributed by atoms with Crippen molar-refractivity contribution >= 4 is 5.82 Å². The minimum Gasteiger partial charge on any atom is -0.382 e. The normalized spacial score (nSPS) is 19.0. The zero-order valence-corrected chi connectivity index (χ0v) is 9.87. The smallest absolute Gasteiger partial charge is 0.151 e. The lowest BCUT2D eigenvalue weighted by Crippen LogP contribution is -2.10. The quantitative estimate of drug-likeness (QED) is 0.801. The van der Waals surface area contributed by atoms with Crippen molar-refractivity contribution in [3.8, 4) is 11.4 Å². The lowest BCUT2D eigenvalue weighted by atomic mass is 10.1. The zero-order chi connectivity index (χ0) is 12.4. The van der Waals surface area contributed by atoms with Gasteiger partial charge in [0.25, 0.3) is 0 Å². The van der Waals surface area contributed by atoms with Gasteiger partial charge in [0.2, 0.25) is 0 Å². The molecule has 0 bridgehead atoms. The van der Waals surface area contributed by atoms with Crippen LogP contribution < -0.4 is 11.1 Å². The summed E-state index contributed by atoms with van der Waals surface area (Å²) in [6.07, 6.45) is 6.01. The number of aromatic nitrogens is 4. The number of nitrogens with one attached hydrogen (secondary N) is 1. The molecule has 0 saturated carbocycles. The third-order valence-electron chi connectivity index (χ3n) is 3.12. The van der Waals surface area contributed by atoms with E-state index in [-0.39, 0.29) is 0 Å². The average molecular weight is 242 g/mol. The van der Waals surface area contributed by atoms with Crippen LogP contribution in [-0.2, 0) is 0 Å². The minimum absolute atomic E-state index is 0.406. The summed E-state index contributed by atoms with van der Waals surface area (Å²) < 4.78 is 0. The highest BCUT2D eigenvalue weighted by Crippen LogP contribution is 2.25. The van der Waals surface area contributed by atoms with Crippen molar-refractivity contribution in [2.45, 2.75) is 12.3 Å². The monoisotopic (exact) mass is 242 g/mol. The largest absolute Gasteiger partial charge is 0.382 e. The molecule has 0 aliphatic carbocycles. The molecule has 1 atom stereocenters. The number of hydrogen-bond acceptors (Lipinski definition) is 6. The maximum atomic E-state index is 5.87. The van der Waals surface area contributed by atoms with Gasteiger partial charge in [0, 0.05) is 18.7 Å². The summed E-state index contributed by atoms with van der Waals surface area (Å²) in [7, 11) is 0. The molecule has 0 radical (unpaired) electrons. The summed E-state index contributed by atoms with van der Waals surface area (Å²) in [5.74, 6) is 0.821. The molecule has 92 valence electrons. The second-order valence-electron chi connectivity index (χ2n) is 4.31. The Kier molecular flexibility index (Phi) is 2.85. The first-order valence-electron chi connectivity index (χ1n) is 5.94. The Morgan fingerprint density at radius 3 is 3.00 bits per heavy atom. The molecule has 6 heteroatoms. The van der Waals surface area contributed by atoms with Gasteiger partial charge < -0.3 is 11.1 Å². The Morgan fingerprint density at radius 1 is 1.33 bits per heavy atom. The highest BCUT2D eigenvalue weighted by molar-refractivity contribution is 5.65. The van der Waals surface area contributed by atoms with Gasteiger partial charge in [0.15, 0.2) is 5.82 Å². The number of nitrogen functional groups attached to an aromatic ring is 1. The lowest BCUT2D eigenvalue weighted by Gasteiger charge is -2.10. The van der Waals surface area contributed by atoms with E-state index in [9.17, 15) is 0 Å². The van der Waals surface area contributed by atoms with Crippen molar-refractivity contribution in [2.24, 2.45) is 0 Å². The third kappa shape index (κ3) is 2.02. The van der Waals surface area contributed by atoms with Crippen LogP contribution in [0.4, 0.5) is 5.82 Å². The van der Waals surface area contributed by atoms with E-state index >= 15 is 0 Å². The van der Waals surface area contributed by atoms with Crippen LogP contribution in [0, 0.1) is 0 Å². The molecule has 3 rings (SSSR count). The summed E-state index contributed by atoms with van der Waals surface area (Å²) in [6.45, 7) is 1.97. The van der Waals surface area contributed by atoms with Crippen LogP contribution >= 0.6 is 0 Å². The van der Waals surface area contributed by atoms with Crippen LogP contribution in [0.1, 0.15) is 18.0 Å². The first-order valence-corrected chi connectivity index (χ1v) is 5.94. The third-order valence-corrected chi connectivity index (χ3v) is 3.12. The van der Waals surface area contributed by atoms with Crippen LogP contribution in [0.5, 0.6) is 0 Å². The van der Waals surface area contributed by atoms with E-state index in [1.54, 1.807) is 18.5 Å². The average Bonchev–Trinajstić information content (AvgIpc) is 2.94. The van der Waals surface area contributed by atoms with Crippen LogP contribution in [0.3, 0.4) is 0 Å². The summed E-state index contributed by atoms with van der Waals surface area (Å²) >= 11 is 0. The molecule has 1 fully saturated rings. The van der Waals surface area contributed by atoms with E-state index in [1.165, 1.54) is 6.33 Å². The first-order chi connectivity index (χ1) is 8.84. The lowest BCUT2D eigenvalue weighted by molar-refractivity contribution is 0.730. The summed E-state index contributed by atoms with van der Waals surface area (Å²) in [6, 6.07) is 1.79. The molecule has 0 amide bonds. The Balaban J connectivity index is 2.01. The molecule has 1 aliphatic rings. The Bertz CT molecular complexity index is 536. The van der Waals surface area contributed by atoms with E-state index in [0.29, 0.717) is 23.1 Å². The van der Waals surface area contributed by atoms with E-state index in [2.05, 4.69) is 25.3 Å². The molecule has 1 saturated heterocycles. The van der Waals surface area contributed by atoms with Gasteiger partial charge >= 0.3 is 0 Å². The standard InChI is InChI=1S/C12H14N6/c13-12-11(9-2-4-15-7-17-9)18-10(6-16-12)8-1-3-14-5-8/h2,4,6-8,14H,1,3,5H2,(H2,13,16). The van der Waals surface area contributed by atoms with Gasteiger partial charge in [-0.2, -0.15) is 0 Å². The molecule has 0 aromatic carbocycles. The van der Waals surface area contributed by atoms with Gasteiger partial charge in [-0.3, -0.25) is 0 Å². The molecule has 2 aromatic rings. The summed E-state index contributed by atoms with van der Waals surface area (Å²) in [5, 5.41) is 3.32. The van der Waals surface area contributed by atoms with Crippen molar-refractivity contribution in [3.05, 3.63) is 30.5 Å². The fourth-order valence-electron chi connectivity index (χ4n) is 2.14. The molecule has 3 heterocycles. The molecule has 2 aromatic heterocycles. The first kappa shape index (κ1) is 11.0. The molecular formula is C12H14N6. The number of rotatable bonds is 2. The Morgan fingerprint density at radius 2 is 2.28 bits per heavy atom. The van der Waals surface area contributed by atoms with Crippen LogP contribution in [0.15, 0.2) is 24.8 Å². The van der Waals surface area contributed by atoms with E-state index in [4.69, 9.17) is 5.73 Å². The fraction of sp³-hybridized carbons (Fsp3) is 0.333. The number of nitrogens with zero attached hydrogens (tertiary/aromatic N) is 4. The molecule has 0 spiro atoms. The van der Waals surface area contributed by atoms with Gasteiger partial charge in [-0.15, -0.1) is 0 Å². The SMILES string of the molecule is Nc1ncc(C2CCNC2)nc1-c1ccncn1. The van der Waals surface area contributed by atoms with E-state index in [1.807, 2.05) is 0 Å². The molecule has 18 heavy (non-hydrogen) atoms. The predicted octanol–water partition coefficient (Wildman–Crippen LogP) is 0.593. The van der Waals surface area contributed by atoms with Crippen molar-refractivity contribution in [1.29, 1.82) is 0 Å². The van der Waals surface area contributed by atoms with E-state index < -0.39 is 0 Å². The van der Waals surface area contributed by atoms with Crippen LogP contribution in [0.2, 0.25) is 0 Å². The predicted molar refractivity (Wildman–Crippen MR) is 67.7 cm³/mol. The Labute approximate surface area is 105 Å². The zero-order valence-electron chi connectivity index (χ0n) is 9.87. The number of nitrogens with two attached hydrogens (primary N) is 1. The van der Waals surface area contributed by atoms with Crippen molar-refractivity contribution in [2.75, 3.05) is 18.8 Å². The van der Waals surface area contributed by atoms with Gasteiger partial charge in [0.1, 0.15) is 12.0 Å². The van der Waals surface area contributed by atoms with Gasteiger partial charge in [-0.1, -0.05) is 0 Å². The van der Waals surface area contributed by atoms with Gasteiger partial charge in [0.05, 0.1) is 17.6 Å². The van der Waals surface area contributed by atoms with Crippen molar-refractivity contribution in [1.82, 2.24) is 25.3 Å².